The highest BCUT2D eigenvalue weighted by Gasteiger charge is 2.24. The third-order valence-corrected chi connectivity index (χ3v) is 6.53. The molecular weight excluding hydrogens is 424 g/mol. The van der Waals surface area contributed by atoms with Gasteiger partial charge in [-0.15, -0.1) is 11.3 Å². The van der Waals surface area contributed by atoms with E-state index in [4.69, 9.17) is 0 Å². The lowest BCUT2D eigenvalue weighted by atomic mass is 9.81. The average molecular weight is 450 g/mol. The predicted molar refractivity (Wildman–Crippen MR) is 129 cm³/mol. The van der Waals surface area contributed by atoms with Gasteiger partial charge in [-0.2, -0.15) is 4.39 Å². The molecule has 0 radical (unpaired) electrons. The lowest BCUT2D eigenvalue weighted by Crippen LogP contribution is -2.19. The molecule has 0 aliphatic carbocycles. The number of nitrogens with zero attached hydrogens (tertiary/aromatic N) is 1. The standard InChI is InChI=1S/C27H25F2NOS/c1-4-20(21-10-5-6-11-22(21)27(2,3)31)18-9-7-8-17(16-18)12-13-19-14-15-23-25(30-19)24(28)26(29)32-23/h5-16,20,31H,4H2,1-3H3/b13-12+. The van der Waals surface area contributed by atoms with Crippen LogP contribution in [0.1, 0.15) is 61.1 Å². The zero-order chi connectivity index (χ0) is 22.9. The van der Waals surface area contributed by atoms with Crippen LogP contribution in [0.2, 0.25) is 0 Å². The van der Waals surface area contributed by atoms with Gasteiger partial charge in [0.1, 0.15) is 5.52 Å². The summed E-state index contributed by atoms with van der Waals surface area (Å²) in [6.45, 7) is 5.76. The van der Waals surface area contributed by atoms with Crippen molar-refractivity contribution in [1.82, 2.24) is 4.98 Å². The van der Waals surface area contributed by atoms with Gasteiger partial charge in [0.2, 0.25) is 5.13 Å². The first-order valence-corrected chi connectivity index (χ1v) is 11.4. The van der Waals surface area contributed by atoms with Gasteiger partial charge in [0.25, 0.3) is 0 Å². The van der Waals surface area contributed by atoms with Crippen molar-refractivity contribution >= 4 is 33.7 Å². The SMILES string of the molecule is CCC(c1cccc(/C=C/c2ccc3sc(F)c(F)c3n2)c1)c1ccccc1C(C)(C)O. The molecule has 2 nitrogen and oxygen atoms in total. The van der Waals surface area contributed by atoms with Crippen molar-refractivity contribution in [2.45, 2.75) is 38.7 Å². The molecule has 164 valence electrons. The van der Waals surface area contributed by atoms with Crippen molar-refractivity contribution in [2.75, 3.05) is 0 Å². The molecule has 0 aliphatic rings. The number of halogens is 2. The summed E-state index contributed by atoms with van der Waals surface area (Å²) in [7, 11) is 0. The number of hydrogen-bond acceptors (Lipinski definition) is 3. The lowest BCUT2D eigenvalue weighted by molar-refractivity contribution is 0.0773. The van der Waals surface area contributed by atoms with E-state index in [2.05, 4.69) is 30.1 Å². The monoisotopic (exact) mass is 449 g/mol. The maximum Gasteiger partial charge on any atom is 0.215 e. The number of aliphatic hydroxyl groups is 1. The van der Waals surface area contributed by atoms with Gasteiger partial charge in [-0.05, 0) is 60.7 Å². The fourth-order valence-electron chi connectivity index (χ4n) is 4.08. The number of fused-ring (bicyclic) bond motifs is 1. The molecule has 1 atom stereocenters. The molecule has 2 heterocycles. The highest BCUT2D eigenvalue weighted by atomic mass is 32.1. The Hall–Kier alpha value is -2.89. The Balaban J connectivity index is 1.66. The Labute approximate surface area is 190 Å². The Morgan fingerprint density at radius 2 is 1.81 bits per heavy atom. The third kappa shape index (κ3) is 4.50. The molecule has 5 heteroatoms. The molecule has 2 aromatic heterocycles. The molecule has 0 fully saturated rings. The van der Waals surface area contributed by atoms with Crippen molar-refractivity contribution in [3.05, 3.63) is 99.6 Å². The van der Waals surface area contributed by atoms with Gasteiger partial charge in [-0.1, -0.05) is 61.5 Å². The quantitative estimate of drug-likeness (QED) is 0.330. The summed E-state index contributed by atoms with van der Waals surface area (Å²) in [4.78, 5) is 4.25. The van der Waals surface area contributed by atoms with Crippen LogP contribution < -0.4 is 0 Å². The first kappa shape index (κ1) is 22.3. The molecule has 4 aromatic rings. The van der Waals surface area contributed by atoms with Crippen LogP contribution >= 0.6 is 11.3 Å². The maximum atomic E-state index is 13.9. The highest BCUT2D eigenvalue weighted by Crippen LogP contribution is 2.35. The van der Waals surface area contributed by atoms with Gasteiger partial charge in [0, 0.05) is 5.92 Å². The first-order valence-electron chi connectivity index (χ1n) is 10.6. The minimum absolute atomic E-state index is 0.0673. The zero-order valence-corrected chi connectivity index (χ0v) is 19.1. The average Bonchev–Trinajstić information content (AvgIpc) is 3.06. The second-order valence-corrected chi connectivity index (χ2v) is 9.39. The molecule has 0 spiro atoms. The molecule has 0 bridgehead atoms. The zero-order valence-electron chi connectivity index (χ0n) is 18.3. The molecule has 4 rings (SSSR count). The second-order valence-electron chi connectivity index (χ2n) is 8.38. The van der Waals surface area contributed by atoms with Crippen LogP contribution in [0.3, 0.4) is 0 Å². The van der Waals surface area contributed by atoms with Crippen molar-refractivity contribution in [3.8, 4) is 0 Å². The summed E-state index contributed by atoms with van der Waals surface area (Å²) in [6.07, 6.45) is 4.62. The molecule has 0 amide bonds. The van der Waals surface area contributed by atoms with Gasteiger partial charge >= 0.3 is 0 Å². The van der Waals surface area contributed by atoms with E-state index in [1.165, 1.54) is 0 Å². The molecule has 0 saturated heterocycles. The van der Waals surface area contributed by atoms with Crippen LogP contribution in [0.4, 0.5) is 8.78 Å². The summed E-state index contributed by atoms with van der Waals surface area (Å²) in [5, 5.41) is 9.82. The molecule has 1 unspecified atom stereocenters. The van der Waals surface area contributed by atoms with Crippen LogP contribution in [0.25, 0.3) is 22.4 Å². The topological polar surface area (TPSA) is 33.1 Å². The Kier molecular flexibility index (Phi) is 6.22. The van der Waals surface area contributed by atoms with Gasteiger partial charge < -0.3 is 5.11 Å². The first-order chi connectivity index (χ1) is 15.3. The minimum Gasteiger partial charge on any atom is -0.386 e. The molecular formula is C27H25F2NOS. The van der Waals surface area contributed by atoms with Crippen LogP contribution in [0.5, 0.6) is 0 Å². The van der Waals surface area contributed by atoms with Crippen LogP contribution in [0.15, 0.2) is 60.7 Å². The summed E-state index contributed by atoms with van der Waals surface area (Å²) in [5.41, 5.74) is 3.89. The van der Waals surface area contributed by atoms with E-state index in [1.54, 1.807) is 18.2 Å². The van der Waals surface area contributed by atoms with E-state index in [9.17, 15) is 13.9 Å². The van der Waals surface area contributed by atoms with Gasteiger partial charge in [-0.3, -0.25) is 0 Å². The number of pyridine rings is 1. The van der Waals surface area contributed by atoms with Crippen LogP contribution in [-0.2, 0) is 5.60 Å². The van der Waals surface area contributed by atoms with E-state index in [1.807, 2.05) is 50.3 Å². The Morgan fingerprint density at radius 3 is 2.56 bits per heavy atom. The van der Waals surface area contributed by atoms with E-state index in [0.717, 1.165) is 40.0 Å². The molecule has 1 N–H and O–H groups in total. The predicted octanol–water partition coefficient (Wildman–Crippen LogP) is 7.51. The molecule has 2 aromatic carbocycles. The van der Waals surface area contributed by atoms with Crippen molar-refractivity contribution in [1.29, 1.82) is 0 Å². The smallest absolute Gasteiger partial charge is 0.215 e. The summed E-state index contributed by atoms with van der Waals surface area (Å²) in [5.74, 6) is -0.748. The number of benzene rings is 2. The highest BCUT2D eigenvalue weighted by molar-refractivity contribution is 7.17. The van der Waals surface area contributed by atoms with Gasteiger partial charge in [-0.25, -0.2) is 9.37 Å². The van der Waals surface area contributed by atoms with Crippen LogP contribution in [-0.4, -0.2) is 10.1 Å². The van der Waals surface area contributed by atoms with Gasteiger partial charge in [0.15, 0.2) is 5.82 Å². The molecule has 32 heavy (non-hydrogen) atoms. The normalized spacial score (nSPS) is 13.2. The maximum absolute atomic E-state index is 13.9. The van der Waals surface area contributed by atoms with E-state index < -0.39 is 16.5 Å². The Bertz CT molecular complexity index is 1290. The summed E-state index contributed by atoms with van der Waals surface area (Å²) in [6, 6.07) is 19.7. The van der Waals surface area contributed by atoms with E-state index in [0.29, 0.717) is 10.4 Å². The van der Waals surface area contributed by atoms with Gasteiger partial charge in [0.05, 0.1) is 16.0 Å². The van der Waals surface area contributed by atoms with E-state index >= 15 is 0 Å². The minimum atomic E-state index is -0.928. The van der Waals surface area contributed by atoms with Crippen LogP contribution in [0, 0.1) is 10.9 Å². The lowest BCUT2D eigenvalue weighted by Gasteiger charge is -2.26. The number of aromatic nitrogens is 1. The number of hydrogen-bond donors (Lipinski definition) is 1. The van der Waals surface area contributed by atoms with Crippen molar-refractivity contribution in [2.24, 2.45) is 0 Å². The van der Waals surface area contributed by atoms with E-state index in [-0.39, 0.29) is 11.4 Å². The summed E-state index contributed by atoms with van der Waals surface area (Å²) < 4.78 is 27.9. The number of rotatable bonds is 6. The third-order valence-electron chi connectivity index (χ3n) is 5.62. The molecule has 0 aliphatic heterocycles. The largest absolute Gasteiger partial charge is 0.386 e. The summed E-state index contributed by atoms with van der Waals surface area (Å²) >= 11 is 0.764. The Morgan fingerprint density at radius 1 is 1.03 bits per heavy atom. The van der Waals surface area contributed by atoms with Crippen molar-refractivity contribution in [3.63, 3.8) is 0 Å². The fraction of sp³-hybridized carbons (Fsp3) is 0.222. The molecule has 0 saturated carbocycles. The second kappa shape index (κ2) is 8.93. The number of thiophene rings is 1. The van der Waals surface area contributed by atoms with Crippen molar-refractivity contribution < 1.29 is 13.9 Å². The fourth-order valence-corrected chi connectivity index (χ4v) is 4.83.